The summed E-state index contributed by atoms with van der Waals surface area (Å²) < 4.78 is 38.0. The second-order valence-corrected chi connectivity index (χ2v) is 5.56. The third-order valence-electron chi connectivity index (χ3n) is 3.85. The Labute approximate surface area is 143 Å². The van der Waals surface area contributed by atoms with Gasteiger partial charge in [-0.05, 0) is 12.1 Å². The van der Waals surface area contributed by atoms with E-state index in [9.17, 15) is 13.6 Å². The van der Waals surface area contributed by atoms with Gasteiger partial charge in [-0.1, -0.05) is 0 Å². The zero-order valence-corrected chi connectivity index (χ0v) is 13.5. The average molecular weight is 349 g/mol. The number of likely N-dealkylation sites (tertiary alicyclic amines) is 1. The summed E-state index contributed by atoms with van der Waals surface area (Å²) in [4.78, 5) is 17.7. The second-order valence-electron chi connectivity index (χ2n) is 5.56. The zero-order chi connectivity index (χ0) is 17.8. The molecule has 3 rings (SSSR count). The Kier molecular flexibility index (Phi) is 4.97. The summed E-state index contributed by atoms with van der Waals surface area (Å²) in [6.45, 7) is 0.804. The van der Waals surface area contributed by atoms with Crippen molar-refractivity contribution in [1.29, 1.82) is 0 Å². The van der Waals surface area contributed by atoms with Crippen LogP contribution in [0.5, 0.6) is 11.5 Å². The molecule has 1 aromatic carbocycles. The van der Waals surface area contributed by atoms with Gasteiger partial charge in [0.05, 0.1) is 25.5 Å². The van der Waals surface area contributed by atoms with E-state index in [0.717, 1.165) is 12.1 Å². The van der Waals surface area contributed by atoms with Crippen LogP contribution in [0.1, 0.15) is 6.42 Å². The lowest BCUT2D eigenvalue weighted by Gasteiger charge is -2.18. The number of carbonyl (C=O) groups is 1. The number of carbonyl (C=O) groups excluding carboxylic acids is 1. The largest absolute Gasteiger partial charge is 0.494 e. The number of rotatable bonds is 4. The lowest BCUT2D eigenvalue weighted by Crippen LogP contribution is -2.34. The molecule has 132 valence electrons. The van der Waals surface area contributed by atoms with E-state index in [1.807, 2.05) is 0 Å². The Morgan fingerprint density at radius 1 is 1.36 bits per heavy atom. The van der Waals surface area contributed by atoms with Crippen LogP contribution in [0.3, 0.4) is 0 Å². The predicted octanol–water partition coefficient (Wildman–Crippen LogP) is 3.05. The maximum atomic E-state index is 13.9. The van der Waals surface area contributed by atoms with E-state index in [4.69, 9.17) is 9.47 Å². The molecule has 0 aliphatic carbocycles. The van der Waals surface area contributed by atoms with Crippen LogP contribution in [0.25, 0.3) is 0 Å². The molecular formula is C17H17F2N3O3. The van der Waals surface area contributed by atoms with E-state index in [2.05, 4.69) is 10.3 Å². The number of methoxy groups -OCH3 is 1. The SMILES string of the molecule is COc1cc(F)c(NC(=O)N2CCC(Oc3cccnc3)C2)cc1F. The third-order valence-corrected chi connectivity index (χ3v) is 3.85. The van der Waals surface area contributed by atoms with Gasteiger partial charge in [-0.25, -0.2) is 13.6 Å². The van der Waals surface area contributed by atoms with Crippen LogP contribution in [0.4, 0.5) is 19.3 Å². The van der Waals surface area contributed by atoms with Gasteiger partial charge in [0, 0.05) is 31.3 Å². The number of anilines is 1. The maximum Gasteiger partial charge on any atom is 0.322 e. The number of hydrogen-bond acceptors (Lipinski definition) is 4. The number of nitrogens with one attached hydrogen (secondary N) is 1. The van der Waals surface area contributed by atoms with E-state index in [0.29, 0.717) is 25.3 Å². The third kappa shape index (κ3) is 3.96. The summed E-state index contributed by atoms with van der Waals surface area (Å²) in [5.41, 5.74) is -0.236. The molecule has 0 spiro atoms. The highest BCUT2D eigenvalue weighted by molar-refractivity contribution is 5.89. The molecule has 2 heterocycles. The molecule has 25 heavy (non-hydrogen) atoms. The number of amides is 2. The van der Waals surface area contributed by atoms with Crippen molar-refractivity contribution in [3.8, 4) is 11.5 Å². The normalized spacial score (nSPS) is 16.6. The Bertz CT molecular complexity index is 758. The molecule has 0 bridgehead atoms. The van der Waals surface area contributed by atoms with E-state index in [1.165, 1.54) is 12.0 Å². The van der Waals surface area contributed by atoms with Crippen molar-refractivity contribution >= 4 is 11.7 Å². The van der Waals surface area contributed by atoms with Gasteiger partial charge in [0.2, 0.25) is 0 Å². The summed E-state index contributed by atoms with van der Waals surface area (Å²) in [6.07, 6.45) is 3.71. The molecule has 0 saturated carbocycles. The summed E-state index contributed by atoms with van der Waals surface area (Å²) in [5.74, 6) is -1.12. The van der Waals surface area contributed by atoms with Crippen LogP contribution < -0.4 is 14.8 Å². The smallest absolute Gasteiger partial charge is 0.322 e. The number of urea groups is 1. The minimum atomic E-state index is -0.769. The molecular weight excluding hydrogens is 332 g/mol. The molecule has 2 aromatic rings. The lowest BCUT2D eigenvalue weighted by molar-refractivity contribution is 0.194. The van der Waals surface area contributed by atoms with E-state index in [1.54, 1.807) is 24.5 Å². The van der Waals surface area contributed by atoms with Crippen molar-refractivity contribution in [2.45, 2.75) is 12.5 Å². The predicted molar refractivity (Wildman–Crippen MR) is 86.8 cm³/mol. The van der Waals surface area contributed by atoms with Crippen LogP contribution >= 0.6 is 0 Å². The van der Waals surface area contributed by atoms with Crippen molar-refractivity contribution in [1.82, 2.24) is 9.88 Å². The average Bonchev–Trinajstić information content (AvgIpc) is 3.07. The fourth-order valence-corrected chi connectivity index (χ4v) is 2.59. The Balaban J connectivity index is 1.60. The van der Waals surface area contributed by atoms with Crippen LogP contribution in [0.15, 0.2) is 36.7 Å². The number of benzene rings is 1. The minimum Gasteiger partial charge on any atom is -0.494 e. The van der Waals surface area contributed by atoms with Crippen molar-refractivity contribution in [2.24, 2.45) is 0 Å². The topological polar surface area (TPSA) is 63.7 Å². The summed E-state index contributed by atoms with van der Waals surface area (Å²) in [5, 5.41) is 2.38. The first-order chi connectivity index (χ1) is 12.1. The number of halogens is 2. The highest BCUT2D eigenvalue weighted by Crippen LogP contribution is 2.25. The summed E-state index contributed by atoms with van der Waals surface area (Å²) >= 11 is 0. The van der Waals surface area contributed by atoms with Gasteiger partial charge in [0.1, 0.15) is 11.9 Å². The van der Waals surface area contributed by atoms with Crippen molar-refractivity contribution < 1.29 is 23.0 Å². The van der Waals surface area contributed by atoms with Gasteiger partial charge in [-0.3, -0.25) is 4.98 Å². The van der Waals surface area contributed by atoms with Gasteiger partial charge < -0.3 is 19.7 Å². The molecule has 1 aromatic heterocycles. The highest BCUT2D eigenvalue weighted by Gasteiger charge is 2.28. The zero-order valence-electron chi connectivity index (χ0n) is 13.5. The molecule has 1 aliphatic rings. The van der Waals surface area contributed by atoms with E-state index >= 15 is 0 Å². The number of ether oxygens (including phenoxy) is 2. The fourth-order valence-electron chi connectivity index (χ4n) is 2.59. The first kappa shape index (κ1) is 16.9. The first-order valence-electron chi connectivity index (χ1n) is 7.72. The Morgan fingerprint density at radius 3 is 2.92 bits per heavy atom. The molecule has 0 radical (unpaired) electrons. The first-order valence-corrected chi connectivity index (χ1v) is 7.72. The van der Waals surface area contributed by atoms with Gasteiger partial charge in [-0.2, -0.15) is 0 Å². The van der Waals surface area contributed by atoms with Crippen molar-refractivity contribution in [3.05, 3.63) is 48.3 Å². The quantitative estimate of drug-likeness (QED) is 0.921. The summed E-state index contributed by atoms with van der Waals surface area (Å²) in [7, 11) is 1.24. The van der Waals surface area contributed by atoms with Crippen LogP contribution in [-0.2, 0) is 0 Å². The second kappa shape index (κ2) is 7.33. The van der Waals surface area contributed by atoms with Crippen molar-refractivity contribution in [3.63, 3.8) is 0 Å². The number of nitrogens with zero attached hydrogens (tertiary/aromatic N) is 2. The Hall–Kier alpha value is -2.90. The molecule has 1 fully saturated rings. The molecule has 1 unspecified atom stereocenters. The van der Waals surface area contributed by atoms with Gasteiger partial charge in [0.25, 0.3) is 0 Å². The van der Waals surface area contributed by atoms with Gasteiger partial charge in [-0.15, -0.1) is 0 Å². The maximum absolute atomic E-state index is 13.9. The van der Waals surface area contributed by atoms with Crippen LogP contribution in [0.2, 0.25) is 0 Å². The van der Waals surface area contributed by atoms with Crippen LogP contribution in [-0.4, -0.2) is 42.2 Å². The number of aromatic nitrogens is 1. The standard InChI is InChI=1S/C17H17F2N3O3/c1-24-16-8-13(18)15(7-14(16)19)21-17(23)22-6-4-12(10-22)25-11-3-2-5-20-9-11/h2-3,5,7-9,12H,4,6,10H2,1H3,(H,21,23). The van der Waals surface area contributed by atoms with Crippen molar-refractivity contribution in [2.75, 3.05) is 25.5 Å². The lowest BCUT2D eigenvalue weighted by atomic mass is 10.2. The number of hydrogen-bond donors (Lipinski definition) is 1. The molecule has 8 heteroatoms. The summed E-state index contributed by atoms with van der Waals surface area (Å²) in [6, 6.07) is 4.82. The monoisotopic (exact) mass is 349 g/mol. The van der Waals surface area contributed by atoms with E-state index < -0.39 is 17.7 Å². The van der Waals surface area contributed by atoms with Gasteiger partial charge >= 0.3 is 6.03 Å². The van der Waals surface area contributed by atoms with Crippen LogP contribution in [0, 0.1) is 11.6 Å². The molecule has 1 aliphatic heterocycles. The molecule has 6 nitrogen and oxygen atoms in total. The number of pyridine rings is 1. The molecule has 1 saturated heterocycles. The molecule has 1 N–H and O–H groups in total. The van der Waals surface area contributed by atoms with Gasteiger partial charge in [0.15, 0.2) is 17.4 Å². The highest BCUT2D eigenvalue weighted by atomic mass is 19.1. The molecule has 2 amide bonds. The Morgan fingerprint density at radius 2 is 2.20 bits per heavy atom. The minimum absolute atomic E-state index is 0.174. The molecule has 1 atom stereocenters. The fraction of sp³-hybridized carbons (Fsp3) is 0.294. The van der Waals surface area contributed by atoms with E-state index in [-0.39, 0.29) is 17.5 Å².